The lowest BCUT2D eigenvalue weighted by molar-refractivity contribution is 0.548. The SMILES string of the molecule is CCCC(c1cccs1)n1c(=S)[nH]c2cc(I)ccc21. The van der Waals surface area contributed by atoms with E-state index in [0.29, 0.717) is 6.04 Å². The molecular weight excluding hydrogens is 399 g/mol. The fourth-order valence-electron chi connectivity index (χ4n) is 2.57. The van der Waals surface area contributed by atoms with E-state index in [0.717, 1.165) is 23.1 Å². The average Bonchev–Trinajstić information content (AvgIpc) is 3.03. The highest BCUT2D eigenvalue weighted by Crippen LogP contribution is 2.31. The second-order valence-electron chi connectivity index (χ2n) is 4.78. The van der Waals surface area contributed by atoms with Gasteiger partial charge >= 0.3 is 0 Å². The minimum absolute atomic E-state index is 0.335. The van der Waals surface area contributed by atoms with E-state index in [1.165, 1.54) is 14.0 Å². The normalized spacial score (nSPS) is 12.9. The van der Waals surface area contributed by atoms with Gasteiger partial charge in [0.1, 0.15) is 0 Å². The number of fused-ring (bicyclic) bond motifs is 1. The summed E-state index contributed by atoms with van der Waals surface area (Å²) in [6.45, 7) is 2.22. The number of aromatic amines is 1. The van der Waals surface area contributed by atoms with Crippen LogP contribution in [0.1, 0.15) is 30.7 Å². The highest BCUT2D eigenvalue weighted by atomic mass is 127. The summed E-state index contributed by atoms with van der Waals surface area (Å²) in [5, 5.41) is 2.14. The summed E-state index contributed by atoms with van der Waals surface area (Å²) < 4.78 is 4.31. The molecule has 0 aliphatic heterocycles. The molecule has 0 aliphatic rings. The molecule has 1 N–H and O–H groups in total. The molecule has 2 nitrogen and oxygen atoms in total. The van der Waals surface area contributed by atoms with Crippen LogP contribution in [0.2, 0.25) is 0 Å². The number of benzene rings is 1. The van der Waals surface area contributed by atoms with Gasteiger partial charge in [0.15, 0.2) is 4.77 Å². The van der Waals surface area contributed by atoms with Crippen LogP contribution in [0.3, 0.4) is 0 Å². The minimum Gasteiger partial charge on any atom is -0.331 e. The van der Waals surface area contributed by atoms with Gasteiger partial charge < -0.3 is 9.55 Å². The Hall–Kier alpha value is -0.660. The Morgan fingerprint density at radius 3 is 2.95 bits per heavy atom. The number of thiophene rings is 1. The molecule has 104 valence electrons. The van der Waals surface area contributed by atoms with Crippen LogP contribution in [0.4, 0.5) is 0 Å². The van der Waals surface area contributed by atoms with Gasteiger partial charge in [0.25, 0.3) is 0 Å². The van der Waals surface area contributed by atoms with Gasteiger partial charge in [-0.2, -0.15) is 0 Å². The Balaban J connectivity index is 2.21. The van der Waals surface area contributed by atoms with Crippen LogP contribution < -0.4 is 0 Å². The Bertz CT molecular complexity index is 771. The quantitative estimate of drug-likeness (QED) is 0.426. The number of nitrogens with zero attached hydrogens (tertiary/aromatic N) is 1. The van der Waals surface area contributed by atoms with E-state index < -0.39 is 0 Å². The number of halogens is 1. The molecule has 0 saturated heterocycles. The first-order valence-electron chi connectivity index (χ1n) is 6.64. The Labute approximate surface area is 141 Å². The highest BCUT2D eigenvalue weighted by molar-refractivity contribution is 14.1. The fraction of sp³-hybridized carbons (Fsp3) is 0.267. The van der Waals surface area contributed by atoms with E-state index in [-0.39, 0.29) is 0 Å². The summed E-state index contributed by atoms with van der Waals surface area (Å²) in [4.78, 5) is 4.72. The van der Waals surface area contributed by atoms with Crippen molar-refractivity contribution < 1.29 is 0 Å². The van der Waals surface area contributed by atoms with Crippen LogP contribution in [0.15, 0.2) is 35.7 Å². The average molecular weight is 414 g/mol. The zero-order valence-corrected chi connectivity index (χ0v) is 14.9. The van der Waals surface area contributed by atoms with Crippen molar-refractivity contribution in [3.63, 3.8) is 0 Å². The van der Waals surface area contributed by atoms with Gasteiger partial charge in [-0.15, -0.1) is 11.3 Å². The smallest absolute Gasteiger partial charge is 0.178 e. The van der Waals surface area contributed by atoms with Gasteiger partial charge in [0.05, 0.1) is 17.1 Å². The van der Waals surface area contributed by atoms with Gasteiger partial charge in [-0.05, 0) is 70.9 Å². The Morgan fingerprint density at radius 2 is 2.25 bits per heavy atom. The maximum atomic E-state index is 5.57. The number of imidazole rings is 1. The number of rotatable bonds is 4. The Kier molecular flexibility index (Phi) is 4.28. The molecule has 0 amide bonds. The number of hydrogen-bond acceptors (Lipinski definition) is 2. The van der Waals surface area contributed by atoms with Crippen molar-refractivity contribution in [2.75, 3.05) is 0 Å². The number of hydrogen-bond donors (Lipinski definition) is 1. The van der Waals surface area contributed by atoms with Crippen LogP contribution in [0, 0.1) is 8.34 Å². The van der Waals surface area contributed by atoms with Crippen molar-refractivity contribution in [3.8, 4) is 0 Å². The number of nitrogens with one attached hydrogen (secondary N) is 1. The molecule has 1 aromatic carbocycles. The van der Waals surface area contributed by atoms with Crippen molar-refractivity contribution in [2.24, 2.45) is 0 Å². The second kappa shape index (κ2) is 5.99. The molecule has 20 heavy (non-hydrogen) atoms. The van der Waals surface area contributed by atoms with Crippen LogP contribution in [-0.4, -0.2) is 9.55 Å². The summed E-state index contributed by atoms with van der Waals surface area (Å²) >= 11 is 9.71. The van der Waals surface area contributed by atoms with Gasteiger partial charge in [-0.1, -0.05) is 19.4 Å². The van der Waals surface area contributed by atoms with Crippen molar-refractivity contribution in [3.05, 3.63) is 48.9 Å². The van der Waals surface area contributed by atoms with Crippen LogP contribution in [0.25, 0.3) is 11.0 Å². The summed E-state index contributed by atoms with van der Waals surface area (Å²) in [7, 11) is 0. The molecule has 2 heterocycles. The van der Waals surface area contributed by atoms with E-state index in [1.807, 2.05) is 11.3 Å². The first kappa shape index (κ1) is 14.3. The first-order valence-corrected chi connectivity index (χ1v) is 9.00. The van der Waals surface area contributed by atoms with Gasteiger partial charge in [-0.25, -0.2) is 0 Å². The third kappa shape index (κ3) is 2.58. The summed E-state index contributed by atoms with van der Waals surface area (Å²) in [6, 6.07) is 11.1. The lowest BCUT2D eigenvalue weighted by Gasteiger charge is -2.17. The number of aromatic nitrogens is 2. The summed E-state index contributed by atoms with van der Waals surface area (Å²) in [5.74, 6) is 0. The molecule has 1 unspecified atom stereocenters. The maximum absolute atomic E-state index is 5.57. The first-order chi connectivity index (χ1) is 9.70. The topological polar surface area (TPSA) is 20.7 Å². The molecule has 3 aromatic rings. The maximum Gasteiger partial charge on any atom is 0.178 e. The van der Waals surface area contributed by atoms with E-state index in [1.54, 1.807) is 0 Å². The van der Waals surface area contributed by atoms with Crippen molar-refractivity contribution in [1.29, 1.82) is 0 Å². The molecule has 0 aliphatic carbocycles. The largest absolute Gasteiger partial charge is 0.331 e. The summed E-state index contributed by atoms with van der Waals surface area (Å²) in [6.07, 6.45) is 2.25. The molecule has 2 aromatic heterocycles. The zero-order valence-electron chi connectivity index (χ0n) is 11.1. The van der Waals surface area contributed by atoms with Gasteiger partial charge in [-0.3, -0.25) is 0 Å². The minimum atomic E-state index is 0.335. The second-order valence-corrected chi connectivity index (χ2v) is 7.39. The molecule has 1 atom stereocenters. The van der Waals surface area contributed by atoms with E-state index in [4.69, 9.17) is 12.2 Å². The van der Waals surface area contributed by atoms with E-state index in [9.17, 15) is 0 Å². The van der Waals surface area contributed by atoms with Crippen LogP contribution in [-0.2, 0) is 0 Å². The number of H-pyrrole nitrogens is 1. The molecule has 5 heteroatoms. The van der Waals surface area contributed by atoms with Crippen LogP contribution in [0.5, 0.6) is 0 Å². The summed E-state index contributed by atoms with van der Waals surface area (Å²) in [5.41, 5.74) is 2.32. The molecule has 0 saturated carbocycles. The molecule has 3 rings (SSSR count). The fourth-order valence-corrected chi connectivity index (χ4v) is 4.24. The third-order valence-corrected chi connectivity index (χ3v) is 5.37. The van der Waals surface area contributed by atoms with Crippen LogP contribution >= 0.6 is 46.1 Å². The molecule has 0 radical (unpaired) electrons. The van der Waals surface area contributed by atoms with Crippen molar-refractivity contribution in [1.82, 2.24) is 9.55 Å². The van der Waals surface area contributed by atoms with Crippen molar-refractivity contribution in [2.45, 2.75) is 25.8 Å². The van der Waals surface area contributed by atoms with Gasteiger partial charge in [0.2, 0.25) is 0 Å². The van der Waals surface area contributed by atoms with Crippen molar-refractivity contribution >= 4 is 57.2 Å². The van der Waals surface area contributed by atoms with E-state index in [2.05, 4.69) is 74.8 Å². The highest BCUT2D eigenvalue weighted by Gasteiger charge is 2.17. The van der Waals surface area contributed by atoms with Gasteiger partial charge in [0, 0.05) is 8.45 Å². The lowest BCUT2D eigenvalue weighted by atomic mass is 10.1. The standard InChI is InChI=1S/C15H15IN2S2/c1-2-4-13(14-5-3-8-20-14)18-12-7-6-10(16)9-11(12)17-15(18)19/h3,5-9,13H,2,4H2,1H3,(H,17,19). The third-order valence-electron chi connectivity index (χ3n) is 3.42. The monoisotopic (exact) mass is 414 g/mol. The zero-order chi connectivity index (χ0) is 14.1. The molecule has 0 spiro atoms. The lowest BCUT2D eigenvalue weighted by Crippen LogP contribution is -2.09. The molecule has 0 bridgehead atoms. The van der Waals surface area contributed by atoms with E-state index >= 15 is 0 Å². The molecule has 0 fully saturated rings. The molecular formula is C15H15IN2S2. The predicted octanol–water partition coefficient (Wildman–Crippen LogP) is 5.75. The predicted molar refractivity (Wildman–Crippen MR) is 97.2 cm³/mol. The Morgan fingerprint density at radius 1 is 1.40 bits per heavy atom.